The predicted octanol–water partition coefficient (Wildman–Crippen LogP) is 3.36. The van der Waals surface area contributed by atoms with Gasteiger partial charge in [0, 0.05) is 37.0 Å². The summed E-state index contributed by atoms with van der Waals surface area (Å²) in [7, 11) is 0. The number of likely N-dealkylation sites (tertiary alicyclic amines) is 1. The standard InChI is InChI=1S/C23H25N5O3/c1-2-31-21-6-4-3-5-18(21)25-22(29)17-9-13-28(14-10-17)23(30)20-15-19(26-27-20)16-7-11-24-12-8-16/h3-8,11-12,15,17H,2,9-10,13-14H2,1H3,(H,25,29)(H,26,27). The number of carbonyl (C=O) groups is 2. The summed E-state index contributed by atoms with van der Waals surface area (Å²) >= 11 is 0. The van der Waals surface area contributed by atoms with Crippen molar-refractivity contribution in [3.63, 3.8) is 0 Å². The van der Waals surface area contributed by atoms with E-state index < -0.39 is 0 Å². The highest BCUT2D eigenvalue weighted by molar-refractivity contribution is 5.95. The number of ether oxygens (including phenoxy) is 1. The van der Waals surface area contributed by atoms with Gasteiger partial charge in [-0.2, -0.15) is 5.10 Å². The largest absolute Gasteiger partial charge is 0.492 e. The van der Waals surface area contributed by atoms with Crippen LogP contribution in [-0.2, 0) is 4.79 Å². The van der Waals surface area contributed by atoms with Gasteiger partial charge in [0.2, 0.25) is 5.91 Å². The molecular weight excluding hydrogens is 394 g/mol. The van der Waals surface area contributed by atoms with Crippen molar-refractivity contribution in [3.8, 4) is 17.0 Å². The zero-order valence-electron chi connectivity index (χ0n) is 17.4. The van der Waals surface area contributed by atoms with Gasteiger partial charge < -0.3 is 15.0 Å². The first-order valence-electron chi connectivity index (χ1n) is 10.4. The molecule has 3 aromatic rings. The molecule has 1 aromatic carbocycles. The van der Waals surface area contributed by atoms with E-state index in [4.69, 9.17) is 4.74 Å². The van der Waals surface area contributed by atoms with E-state index >= 15 is 0 Å². The fourth-order valence-corrected chi connectivity index (χ4v) is 3.70. The van der Waals surface area contributed by atoms with Gasteiger partial charge in [-0.3, -0.25) is 19.7 Å². The van der Waals surface area contributed by atoms with Crippen LogP contribution in [0.5, 0.6) is 5.75 Å². The minimum Gasteiger partial charge on any atom is -0.492 e. The maximum Gasteiger partial charge on any atom is 0.271 e. The van der Waals surface area contributed by atoms with E-state index in [1.165, 1.54) is 0 Å². The Kier molecular flexibility index (Phi) is 6.26. The second-order valence-electron chi connectivity index (χ2n) is 7.39. The van der Waals surface area contributed by atoms with Crippen LogP contribution in [-0.4, -0.2) is 51.6 Å². The number of hydrogen-bond donors (Lipinski definition) is 2. The molecule has 31 heavy (non-hydrogen) atoms. The van der Waals surface area contributed by atoms with Crippen LogP contribution >= 0.6 is 0 Å². The fraction of sp³-hybridized carbons (Fsp3) is 0.304. The molecule has 3 heterocycles. The molecule has 2 amide bonds. The van der Waals surface area contributed by atoms with Crippen LogP contribution in [0.15, 0.2) is 54.9 Å². The van der Waals surface area contributed by atoms with Gasteiger partial charge in [-0.15, -0.1) is 0 Å². The van der Waals surface area contributed by atoms with E-state index in [1.807, 2.05) is 43.3 Å². The Bertz CT molecular complexity index is 1040. The van der Waals surface area contributed by atoms with E-state index in [2.05, 4.69) is 20.5 Å². The molecular formula is C23H25N5O3. The number of aromatic nitrogens is 3. The molecule has 8 heteroatoms. The van der Waals surface area contributed by atoms with Gasteiger partial charge >= 0.3 is 0 Å². The van der Waals surface area contributed by atoms with Crippen molar-refractivity contribution in [3.05, 3.63) is 60.6 Å². The molecule has 0 spiro atoms. The number of aromatic amines is 1. The molecule has 1 aliphatic rings. The molecule has 0 bridgehead atoms. The molecule has 160 valence electrons. The van der Waals surface area contributed by atoms with E-state index in [-0.39, 0.29) is 17.7 Å². The molecule has 0 unspecified atom stereocenters. The Hall–Kier alpha value is -3.68. The summed E-state index contributed by atoms with van der Waals surface area (Å²) in [6, 6.07) is 12.9. The predicted molar refractivity (Wildman–Crippen MR) is 117 cm³/mol. The highest BCUT2D eigenvalue weighted by atomic mass is 16.5. The molecule has 2 aromatic heterocycles. The van der Waals surface area contributed by atoms with Gasteiger partial charge in [0.25, 0.3) is 5.91 Å². The van der Waals surface area contributed by atoms with E-state index in [1.54, 1.807) is 23.4 Å². The van der Waals surface area contributed by atoms with Crippen LogP contribution in [0.1, 0.15) is 30.3 Å². The number of anilines is 1. The maximum absolute atomic E-state index is 12.9. The number of carbonyl (C=O) groups excluding carboxylic acids is 2. The van der Waals surface area contributed by atoms with Crippen molar-refractivity contribution in [1.82, 2.24) is 20.1 Å². The molecule has 0 aliphatic carbocycles. The summed E-state index contributed by atoms with van der Waals surface area (Å²) in [6.07, 6.45) is 4.60. The zero-order valence-corrected chi connectivity index (χ0v) is 17.4. The SMILES string of the molecule is CCOc1ccccc1NC(=O)C1CCN(C(=O)c2cc(-c3ccncc3)n[nH]2)CC1. The third kappa shape index (κ3) is 4.74. The lowest BCUT2D eigenvalue weighted by Gasteiger charge is -2.31. The molecule has 1 saturated heterocycles. The second-order valence-corrected chi connectivity index (χ2v) is 7.39. The highest BCUT2D eigenvalue weighted by Crippen LogP contribution is 2.27. The molecule has 0 saturated carbocycles. The number of para-hydroxylation sites is 2. The number of nitrogens with one attached hydrogen (secondary N) is 2. The zero-order chi connectivity index (χ0) is 21.6. The Morgan fingerprint density at radius 3 is 2.65 bits per heavy atom. The third-order valence-electron chi connectivity index (χ3n) is 5.38. The van der Waals surface area contributed by atoms with Gasteiger partial charge in [-0.25, -0.2) is 0 Å². The minimum absolute atomic E-state index is 0.0410. The van der Waals surface area contributed by atoms with Crippen molar-refractivity contribution < 1.29 is 14.3 Å². The lowest BCUT2D eigenvalue weighted by atomic mass is 9.95. The fourth-order valence-electron chi connectivity index (χ4n) is 3.70. The summed E-state index contributed by atoms with van der Waals surface area (Å²) < 4.78 is 5.58. The number of amides is 2. The number of hydrogen-bond acceptors (Lipinski definition) is 5. The van der Waals surface area contributed by atoms with Crippen LogP contribution < -0.4 is 10.1 Å². The Morgan fingerprint density at radius 2 is 1.90 bits per heavy atom. The van der Waals surface area contributed by atoms with E-state index in [0.717, 1.165) is 5.56 Å². The summed E-state index contributed by atoms with van der Waals surface area (Å²) in [6.45, 7) is 3.48. The Morgan fingerprint density at radius 1 is 1.16 bits per heavy atom. The smallest absolute Gasteiger partial charge is 0.271 e. The molecule has 2 N–H and O–H groups in total. The molecule has 0 radical (unpaired) electrons. The van der Waals surface area contributed by atoms with Crippen LogP contribution in [0.25, 0.3) is 11.3 Å². The molecule has 1 fully saturated rings. The lowest BCUT2D eigenvalue weighted by Crippen LogP contribution is -2.41. The number of rotatable bonds is 6. The monoisotopic (exact) mass is 419 g/mol. The average molecular weight is 419 g/mol. The van der Waals surface area contributed by atoms with Crippen LogP contribution in [0.4, 0.5) is 5.69 Å². The number of pyridine rings is 1. The minimum atomic E-state index is -0.145. The Labute approximate surface area is 180 Å². The van der Waals surface area contributed by atoms with Crippen LogP contribution in [0, 0.1) is 5.92 Å². The maximum atomic E-state index is 12.9. The van der Waals surface area contributed by atoms with Gasteiger partial charge in [-0.05, 0) is 50.1 Å². The van der Waals surface area contributed by atoms with E-state index in [9.17, 15) is 9.59 Å². The quantitative estimate of drug-likeness (QED) is 0.638. The van der Waals surface area contributed by atoms with Gasteiger partial charge in [0.05, 0.1) is 18.0 Å². The summed E-state index contributed by atoms with van der Waals surface area (Å²) in [5.74, 6) is 0.372. The first kappa shape index (κ1) is 20.6. The highest BCUT2D eigenvalue weighted by Gasteiger charge is 2.29. The summed E-state index contributed by atoms with van der Waals surface area (Å²) in [5, 5.41) is 10.0. The normalized spacial score (nSPS) is 14.3. The number of benzene rings is 1. The van der Waals surface area contributed by atoms with Gasteiger partial charge in [0.15, 0.2) is 0 Å². The Balaban J connectivity index is 1.34. The third-order valence-corrected chi connectivity index (χ3v) is 5.38. The second kappa shape index (κ2) is 9.42. The number of piperidine rings is 1. The summed E-state index contributed by atoms with van der Waals surface area (Å²) in [4.78, 5) is 31.4. The van der Waals surface area contributed by atoms with Crippen LogP contribution in [0.2, 0.25) is 0 Å². The van der Waals surface area contributed by atoms with E-state index in [0.29, 0.717) is 55.4 Å². The van der Waals surface area contributed by atoms with Crippen molar-refractivity contribution in [1.29, 1.82) is 0 Å². The molecule has 0 atom stereocenters. The van der Waals surface area contributed by atoms with Crippen molar-refractivity contribution in [2.24, 2.45) is 5.92 Å². The topological polar surface area (TPSA) is 100 Å². The van der Waals surface area contributed by atoms with Crippen molar-refractivity contribution in [2.75, 3.05) is 25.0 Å². The number of nitrogens with zero attached hydrogens (tertiary/aromatic N) is 3. The van der Waals surface area contributed by atoms with Crippen molar-refractivity contribution in [2.45, 2.75) is 19.8 Å². The first-order valence-corrected chi connectivity index (χ1v) is 10.4. The molecule has 1 aliphatic heterocycles. The molecule has 8 nitrogen and oxygen atoms in total. The van der Waals surface area contributed by atoms with Gasteiger partial charge in [0.1, 0.15) is 11.4 Å². The first-order chi connectivity index (χ1) is 15.2. The molecule has 4 rings (SSSR count). The number of H-pyrrole nitrogens is 1. The van der Waals surface area contributed by atoms with Gasteiger partial charge in [-0.1, -0.05) is 12.1 Å². The summed E-state index contributed by atoms with van der Waals surface area (Å²) in [5.41, 5.74) is 2.72. The average Bonchev–Trinajstić information content (AvgIpc) is 3.31. The lowest BCUT2D eigenvalue weighted by molar-refractivity contribution is -0.121. The van der Waals surface area contributed by atoms with Crippen molar-refractivity contribution >= 4 is 17.5 Å². The van der Waals surface area contributed by atoms with Crippen LogP contribution in [0.3, 0.4) is 0 Å².